The van der Waals surface area contributed by atoms with Crippen molar-refractivity contribution in [1.29, 1.82) is 0 Å². The maximum Gasteiger partial charge on any atom is 0.169 e. The molecule has 0 aromatic heterocycles. The molecule has 0 saturated heterocycles. The highest BCUT2D eigenvalue weighted by atomic mass is 16.7. The van der Waals surface area contributed by atoms with Crippen LogP contribution in [0.5, 0.6) is 0 Å². The second kappa shape index (κ2) is 11.0. The Balaban J connectivity index is 5.08. The van der Waals surface area contributed by atoms with Gasteiger partial charge in [0, 0.05) is 19.1 Å². The minimum atomic E-state index is -0.807. The fraction of sp³-hybridized carbons (Fsp3) is 0.842. The van der Waals surface area contributed by atoms with Crippen molar-refractivity contribution in [2.75, 3.05) is 13.2 Å². The van der Waals surface area contributed by atoms with E-state index >= 15 is 0 Å². The number of aliphatic hydroxyl groups excluding tert-OH is 1. The Morgan fingerprint density at radius 2 is 1.65 bits per heavy atom. The summed E-state index contributed by atoms with van der Waals surface area (Å²) >= 11 is 0. The molecule has 0 rings (SSSR count). The first kappa shape index (κ1) is 22.3. The van der Waals surface area contributed by atoms with Crippen LogP contribution in [0.1, 0.15) is 60.8 Å². The molecule has 0 aromatic rings. The molecule has 0 saturated carbocycles. The topological polar surface area (TPSA) is 55.8 Å². The minimum absolute atomic E-state index is 0.00572. The highest BCUT2D eigenvalue weighted by Gasteiger charge is 2.43. The van der Waals surface area contributed by atoms with Gasteiger partial charge in [0.25, 0.3) is 0 Å². The van der Waals surface area contributed by atoms with Crippen LogP contribution >= 0.6 is 0 Å². The summed E-state index contributed by atoms with van der Waals surface area (Å²) in [7, 11) is 0. The lowest BCUT2D eigenvalue weighted by Gasteiger charge is -2.36. The average molecular weight is 328 g/mol. The van der Waals surface area contributed by atoms with Crippen LogP contribution in [0.15, 0.2) is 12.7 Å². The standard InChI is InChI=1S/C19H36O4/c1-8-11-14(4)16(20)15(5)17(21)19(6,7)18(22-12-9-2)23-13-10-3/h8,14-16,18,20H,1,9-13H2,2-7H3. The lowest BCUT2D eigenvalue weighted by Crippen LogP contribution is -2.47. The van der Waals surface area contributed by atoms with E-state index in [1.54, 1.807) is 13.0 Å². The van der Waals surface area contributed by atoms with E-state index in [4.69, 9.17) is 9.47 Å². The predicted octanol–water partition coefficient (Wildman–Crippen LogP) is 3.97. The zero-order valence-electron chi connectivity index (χ0n) is 15.8. The summed E-state index contributed by atoms with van der Waals surface area (Å²) in [5, 5.41) is 10.4. The van der Waals surface area contributed by atoms with E-state index in [2.05, 4.69) is 6.58 Å². The molecule has 4 nitrogen and oxygen atoms in total. The van der Waals surface area contributed by atoms with E-state index in [0.717, 1.165) is 12.8 Å². The summed E-state index contributed by atoms with van der Waals surface area (Å²) in [6.07, 6.45) is 2.90. The third kappa shape index (κ3) is 6.74. The molecular formula is C19H36O4. The number of hydrogen-bond donors (Lipinski definition) is 1. The predicted molar refractivity (Wildman–Crippen MR) is 94.2 cm³/mol. The van der Waals surface area contributed by atoms with Crippen molar-refractivity contribution in [2.45, 2.75) is 73.2 Å². The third-order valence-electron chi connectivity index (χ3n) is 4.22. The molecular weight excluding hydrogens is 292 g/mol. The first-order valence-electron chi connectivity index (χ1n) is 8.80. The molecule has 0 aliphatic heterocycles. The molecule has 3 unspecified atom stereocenters. The zero-order chi connectivity index (χ0) is 18.0. The summed E-state index contributed by atoms with van der Waals surface area (Å²) < 4.78 is 11.6. The lowest BCUT2D eigenvalue weighted by molar-refractivity contribution is -0.203. The van der Waals surface area contributed by atoms with Crippen molar-refractivity contribution in [3.63, 3.8) is 0 Å². The molecule has 4 heteroatoms. The van der Waals surface area contributed by atoms with Gasteiger partial charge in [-0.3, -0.25) is 4.79 Å². The SMILES string of the molecule is C=CCC(C)C(O)C(C)C(=O)C(C)(C)C(OCCC)OCCC. The zero-order valence-corrected chi connectivity index (χ0v) is 15.8. The average Bonchev–Trinajstić information content (AvgIpc) is 2.52. The monoisotopic (exact) mass is 328 g/mol. The second-order valence-electron chi connectivity index (χ2n) is 6.94. The number of rotatable bonds is 13. The van der Waals surface area contributed by atoms with E-state index in [1.165, 1.54) is 0 Å². The number of Topliss-reactive ketones (excluding diaryl/α,β-unsaturated/α-hetero) is 1. The molecule has 0 bridgehead atoms. The van der Waals surface area contributed by atoms with Crippen molar-refractivity contribution < 1.29 is 19.4 Å². The molecule has 0 heterocycles. The van der Waals surface area contributed by atoms with Crippen LogP contribution in [0, 0.1) is 17.3 Å². The first-order valence-corrected chi connectivity index (χ1v) is 8.80. The van der Waals surface area contributed by atoms with Gasteiger partial charge in [-0.2, -0.15) is 0 Å². The van der Waals surface area contributed by atoms with Gasteiger partial charge in [-0.15, -0.1) is 6.58 Å². The Labute approximate surface area is 142 Å². The van der Waals surface area contributed by atoms with Crippen LogP contribution < -0.4 is 0 Å². The molecule has 0 radical (unpaired) electrons. The normalized spacial score (nSPS) is 16.2. The van der Waals surface area contributed by atoms with Crippen molar-refractivity contribution >= 4 is 5.78 Å². The molecule has 0 aliphatic rings. The van der Waals surface area contributed by atoms with Gasteiger partial charge in [-0.05, 0) is 39.0 Å². The summed E-state index contributed by atoms with van der Waals surface area (Å²) in [5.41, 5.74) is -0.807. The number of ether oxygens (including phenoxy) is 2. The highest BCUT2D eigenvalue weighted by molar-refractivity contribution is 5.87. The lowest BCUT2D eigenvalue weighted by atomic mass is 9.76. The first-order chi connectivity index (χ1) is 10.7. The Kier molecular flexibility index (Phi) is 10.6. The Hall–Kier alpha value is -0.710. The Bertz CT molecular complexity index is 343. The maximum absolute atomic E-state index is 12.9. The van der Waals surface area contributed by atoms with Crippen LogP contribution in [0.25, 0.3) is 0 Å². The van der Waals surface area contributed by atoms with Gasteiger partial charge in [0.2, 0.25) is 0 Å². The van der Waals surface area contributed by atoms with Crippen LogP contribution in [0.4, 0.5) is 0 Å². The maximum atomic E-state index is 12.9. The highest BCUT2D eigenvalue weighted by Crippen LogP contribution is 2.32. The fourth-order valence-corrected chi connectivity index (χ4v) is 2.67. The summed E-state index contributed by atoms with van der Waals surface area (Å²) in [6.45, 7) is 16.2. The van der Waals surface area contributed by atoms with E-state index in [-0.39, 0.29) is 11.7 Å². The van der Waals surface area contributed by atoms with Crippen molar-refractivity contribution in [3.8, 4) is 0 Å². The van der Waals surface area contributed by atoms with Gasteiger partial charge in [0.15, 0.2) is 6.29 Å². The molecule has 0 spiro atoms. The van der Waals surface area contributed by atoms with Crippen LogP contribution in [0.2, 0.25) is 0 Å². The van der Waals surface area contributed by atoms with Gasteiger partial charge in [0.1, 0.15) is 5.78 Å². The Morgan fingerprint density at radius 3 is 2.04 bits per heavy atom. The van der Waals surface area contributed by atoms with Crippen LogP contribution in [0.3, 0.4) is 0 Å². The quantitative estimate of drug-likeness (QED) is 0.410. The van der Waals surface area contributed by atoms with Gasteiger partial charge in [-0.25, -0.2) is 0 Å². The van der Waals surface area contributed by atoms with E-state index in [1.807, 2.05) is 34.6 Å². The van der Waals surface area contributed by atoms with Crippen LogP contribution in [-0.4, -0.2) is 36.5 Å². The second-order valence-corrected chi connectivity index (χ2v) is 6.94. The smallest absolute Gasteiger partial charge is 0.169 e. The number of ketones is 1. The van der Waals surface area contributed by atoms with Gasteiger partial charge >= 0.3 is 0 Å². The molecule has 0 amide bonds. The molecule has 0 aliphatic carbocycles. The van der Waals surface area contributed by atoms with Crippen LogP contribution in [-0.2, 0) is 14.3 Å². The molecule has 1 N–H and O–H groups in total. The van der Waals surface area contributed by atoms with Crippen molar-refractivity contribution in [3.05, 3.63) is 12.7 Å². The third-order valence-corrected chi connectivity index (χ3v) is 4.22. The molecule has 136 valence electrons. The molecule has 3 atom stereocenters. The summed E-state index contributed by atoms with van der Waals surface area (Å²) in [6, 6.07) is 0. The number of allylic oxidation sites excluding steroid dienone is 1. The van der Waals surface area contributed by atoms with E-state index < -0.39 is 23.7 Å². The number of aliphatic hydroxyl groups is 1. The number of carbonyl (C=O) groups is 1. The number of hydrogen-bond acceptors (Lipinski definition) is 4. The Morgan fingerprint density at radius 1 is 1.17 bits per heavy atom. The largest absolute Gasteiger partial charge is 0.392 e. The van der Waals surface area contributed by atoms with E-state index in [0.29, 0.717) is 19.6 Å². The summed E-state index contributed by atoms with van der Waals surface area (Å²) in [4.78, 5) is 12.9. The van der Waals surface area contributed by atoms with Crippen molar-refractivity contribution in [1.82, 2.24) is 0 Å². The fourth-order valence-electron chi connectivity index (χ4n) is 2.67. The molecule has 0 fully saturated rings. The van der Waals surface area contributed by atoms with Gasteiger partial charge in [-0.1, -0.05) is 33.8 Å². The van der Waals surface area contributed by atoms with Crippen molar-refractivity contribution in [2.24, 2.45) is 17.3 Å². The van der Waals surface area contributed by atoms with Gasteiger partial charge in [0.05, 0.1) is 11.5 Å². The summed E-state index contributed by atoms with van der Waals surface area (Å²) in [5.74, 6) is -0.509. The van der Waals surface area contributed by atoms with E-state index in [9.17, 15) is 9.90 Å². The minimum Gasteiger partial charge on any atom is -0.392 e. The molecule has 23 heavy (non-hydrogen) atoms. The van der Waals surface area contributed by atoms with Gasteiger partial charge < -0.3 is 14.6 Å². The number of carbonyl (C=O) groups excluding carboxylic acids is 1. The molecule has 0 aromatic carbocycles.